The van der Waals surface area contributed by atoms with E-state index < -0.39 is 28.1 Å². The van der Waals surface area contributed by atoms with Crippen LogP contribution in [0.2, 0.25) is 5.02 Å². The van der Waals surface area contributed by atoms with Gasteiger partial charge in [0.25, 0.3) is 0 Å². The van der Waals surface area contributed by atoms with E-state index in [1.165, 1.54) is 18.2 Å². The minimum atomic E-state index is -1.00. The first-order chi connectivity index (χ1) is 12.8. The van der Waals surface area contributed by atoms with E-state index in [2.05, 4.69) is 20.6 Å². The van der Waals surface area contributed by atoms with Crippen LogP contribution in [0.25, 0.3) is 0 Å². The van der Waals surface area contributed by atoms with Gasteiger partial charge in [-0.25, -0.2) is 13.8 Å². The van der Waals surface area contributed by atoms with Crippen LogP contribution < -0.4 is 10.6 Å². The van der Waals surface area contributed by atoms with Gasteiger partial charge in [-0.1, -0.05) is 11.6 Å². The quantitative estimate of drug-likeness (QED) is 0.469. The van der Waals surface area contributed by atoms with Crippen molar-refractivity contribution in [3.63, 3.8) is 0 Å². The fraction of sp³-hybridized carbons (Fsp3) is 0. The molecule has 0 radical (unpaired) electrons. The molecule has 0 bridgehead atoms. The van der Waals surface area contributed by atoms with Crippen molar-refractivity contribution in [1.29, 1.82) is 0 Å². The number of nitro benzene ring substituents is 1. The summed E-state index contributed by atoms with van der Waals surface area (Å²) in [6.07, 6.45) is 0.849. The van der Waals surface area contributed by atoms with Crippen molar-refractivity contribution in [2.45, 2.75) is 0 Å². The molecule has 0 saturated carbocycles. The van der Waals surface area contributed by atoms with Crippen LogP contribution in [0.4, 0.5) is 42.0 Å². The molecule has 0 unspecified atom stereocenters. The van der Waals surface area contributed by atoms with Gasteiger partial charge in [0.2, 0.25) is 11.8 Å². The van der Waals surface area contributed by atoms with Crippen molar-refractivity contribution in [2.75, 3.05) is 10.6 Å². The smallest absolute Gasteiger partial charge is 0.306 e. The number of hydrogen-bond acceptors (Lipinski definition) is 6. The number of hydrogen-bond donors (Lipinski definition) is 2. The zero-order valence-corrected chi connectivity index (χ0v) is 14.0. The first-order valence-electron chi connectivity index (χ1n) is 7.29. The van der Waals surface area contributed by atoms with Gasteiger partial charge in [0, 0.05) is 17.4 Å². The van der Waals surface area contributed by atoms with E-state index in [4.69, 9.17) is 11.6 Å². The number of halogens is 4. The molecule has 1 aromatic heterocycles. The average Bonchev–Trinajstić information content (AvgIpc) is 2.62. The van der Waals surface area contributed by atoms with Crippen molar-refractivity contribution in [3.8, 4) is 0 Å². The third-order valence-corrected chi connectivity index (χ3v) is 3.63. The number of rotatable bonds is 5. The summed E-state index contributed by atoms with van der Waals surface area (Å²) in [7, 11) is 0. The van der Waals surface area contributed by atoms with Gasteiger partial charge in [-0.3, -0.25) is 10.1 Å². The molecule has 0 spiro atoms. The molecule has 27 heavy (non-hydrogen) atoms. The molecule has 0 saturated heterocycles. The fourth-order valence-electron chi connectivity index (χ4n) is 2.09. The number of nitrogens with zero attached hydrogens (tertiary/aromatic N) is 3. The van der Waals surface area contributed by atoms with E-state index in [0.717, 1.165) is 24.4 Å². The Morgan fingerprint density at radius 1 is 0.963 bits per heavy atom. The van der Waals surface area contributed by atoms with Crippen LogP contribution in [0.5, 0.6) is 0 Å². The summed E-state index contributed by atoms with van der Waals surface area (Å²) in [6.45, 7) is 0. The number of benzene rings is 2. The lowest BCUT2D eigenvalue weighted by atomic mass is 10.2. The van der Waals surface area contributed by atoms with Gasteiger partial charge < -0.3 is 10.6 Å². The summed E-state index contributed by atoms with van der Waals surface area (Å²) in [4.78, 5) is 17.5. The molecule has 138 valence electrons. The van der Waals surface area contributed by atoms with Crippen molar-refractivity contribution in [3.05, 3.63) is 75.2 Å². The molecular formula is C16H9ClF3N5O2. The zero-order valence-electron chi connectivity index (χ0n) is 13.2. The highest BCUT2D eigenvalue weighted by atomic mass is 35.5. The Labute approximate surface area is 155 Å². The second-order valence-corrected chi connectivity index (χ2v) is 5.60. The summed E-state index contributed by atoms with van der Waals surface area (Å²) < 4.78 is 40.8. The van der Waals surface area contributed by atoms with Gasteiger partial charge in [0.1, 0.15) is 5.82 Å². The van der Waals surface area contributed by atoms with Gasteiger partial charge in [-0.05, 0) is 30.3 Å². The molecular weight excluding hydrogens is 387 g/mol. The molecule has 0 aliphatic rings. The molecule has 0 atom stereocenters. The normalized spacial score (nSPS) is 10.5. The van der Waals surface area contributed by atoms with Crippen LogP contribution >= 0.6 is 11.6 Å². The molecule has 11 heteroatoms. The molecule has 0 amide bonds. The Bertz CT molecular complexity index is 1030. The van der Waals surface area contributed by atoms with E-state index in [9.17, 15) is 23.3 Å². The lowest BCUT2D eigenvalue weighted by Gasteiger charge is -2.10. The van der Waals surface area contributed by atoms with Crippen LogP contribution in [-0.2, 0) is 0 Å². The predicted octanol–water partition coefficient (Wildman–Crippen LogP) is 4.94. The van der Waals surface area contributed by atoms with Gasteiger partial charge in [-0.15, -0.1) is 0 Å². The minimum Gasteiger partial charge on any atom is -0.338 e. The third kappa shape index (κ3) is 4.23. The SMILES string of the molecule is O=[N+]([O-])c1cc(Nc2ncc(F)c(Nc3ccc(Cl)c(F)c3)n2)ccc1F. The van der Waals surface area contributed by atoms with Gasteiger partial charge in [0.05, 0.1) is 16.1 Å². The molecule has 0 aliphatic carbocycles. The molecule has 2 aromatic carbocycles. The highest BCUT2D eigenvalue weighted by Crippen LogP contribution is 2.26. The standard InChI is InChI=1S/C16H9ClF3N5O2/c17-10-3-1-8(5-12(10)19)22-15-13(20)7-21-16(24-15)23-9-2-4-11(18)14(6-9)25(26)27/h1-7H,(H2,21,22,23,24). The molecule has 0 aliphatic heterocycles. The van der Waals surface area contributed by atoms with E-state index in [1.807, 2.05) is 0 Å². The van der Waals surface area contributed by atoms with Crippen molar-refractivity contribution < 1.29 is 18.1 Å². The first kappa shape index (κ1) is 18.4. The Morgan fingerprint density at radius 2 is 1.67 bits per heavy atom. The summed E-state index contributed by atoms with van der Waals surface area (Å²) >= 11 is 5.59. The van der Waals surface area contributed by atoms with E-state index >= 15 is 0 Å². The van der Waals surface area contributed by atoms with Gasteiger partial charge in [0.15, 0.2) is 11.6 Å². The molecule has 0 fully saturated rings. The maximum absolute atomic E-state index is 13.9. The second kappa shape index (κ2) is 7.46. The van der Waals surface area contributed by atoms with Gasteiger partial charge in [-0.2, -0.15) is 9.37 Å². The molecule has 1 heterocycles. The molecule has 3 aromatic rings. The van der Waals surface area contributed by atoms with Crippen LogP contribution in [-0.4, -0.2) is 14.9 Å². The number of nitrogens with one attached hydrogen (secondary N) is 2. The van der Waals surface area contributed by atoms with Crippen molar-refractivity contribution in [1.82, 2.24) is 9.97 Å². The largest absolute Gasteiger partial charge is 0.338 e. The molecule has 7 nitrogen and oxygen atoms in total. The molecule has 2 N–H and O–H groups in total. The van der Waals surface area contributed by atoms with E-state index in [0.29, 0.717) is 0 Å². The average molecular weight is 396 g/mol. The zero-order chi connectivity index (χ0) is 19.6. The van der Waals surface area contributed by atoms with Crippen LogP contribution in [0.1, 0.15) is 0 Å². The maximum atomic E-state index is 13.9. The Kier molecular flexibility index (Phi) is 5.08. The summed E-state index contributed by atoms with van der Waals surface area (Å²) in [5.41, 5.74) is -0.423. The predicted molar refractivity (Wildman–Crippen MR) is 93.0 cm³/mol. The Balaban J connectivity index is 1.86. The highest BCUT2D eigenvalue weighted by molar-refractivity contribution is 6.30. The van der Waals surface area contributed by atoms with Crippen molar-refractivity contribution >= 4 is 40.4 Å². The second-order valence-electron chi connectivity index (χ2n) is 5.19. The summed E-state index contributed by atoms with van der Waals surface area (Å²) in [5, 5.41) is 15.9. The van der Waals surface area contributed by atoms with Crippen LogP contribution in [0, 0.1) is 27.6 Å². The van der Waals surface area contributed by atoms with Crippen LogP contribution in [0.3, 0.4) is 0 Å². The number of nitro groups is 1. The van der Waals surface area contributed by atoms with Crippen molar-refractivity contribution in [2.24, 2.45) is 0 Å². The molecule has 3 rings (SSSR count). The highest BCUT2D eigenvalue weighted by Gasteiger charge is 2.15. The Morgan fingerprint density at radius 3 is 2.37 bits per heavy atom. The van der Waals surface area contributed by atoms with Crippen LogP contribution in [0.15, 0.2) is 42.6 Å². The van der Waals surface area contributed by atoms with Gasteiger partial charge >= 0.3 is 5.69 Å². The topological polar surface area (TPSA) is 93.0 Å². The summed E-state index contributed by atoms with van der Waals surface area (Å²) in [5.74, 6) is -2.91. The van der Waals surface area contributed by atoms with E-state index in [1.54, 1.807) is 0 Å². The lowest BCUT2D eigenvalue weighted by molar-refractivity contribution is -0.387. The number of anilines is 4. The Hall–Kier alpha value is -3.40. The first-order valence-corrected chi connectivity index (χ1v) is 7.67. The van der Waals surface area contributed by atoms with E-state index in [-0.39, 0.29) is 28.2 Å². The summed E-state index contributed by atoms with van der Waals surface area (Å²) in [6, 6.07) is 6.85. The monoisotopic (exact) mass is 395 g/mol. The fourth-order valence-corrected chi connectivity index (χ4v) is 2.20. The minimum absolute atomic E-state index is 0.0935. The number of aromatic nitrogens is 2. The maximum Gasteiger partial charge on any atom is 0.306 e. The lowest BCUT2D eigenvalue weighted by Crippen LogP contribution is -2.04. The third-order valence-electron chi connectivity index (χ3n) is 3.33.